The summed E-state index contributed by atoms with van der Waals surface area (Å²) >= 11 is 0. The van der Waals surface area contributed by atoms with E-state index in [9.17, 15) is 4.79 Å². The van der Waals surface area contributed by atoms with E-state index < -0.39 is 0 Å². The molecule has 0 spiro atoms. The molecule has 1 aliphatic carbocycles. The van der Waals surface area contributed by atoms with Crippen LogP contribution in [0.1, 0.15) is 34.3 Å². The lowest BCUT2D eigenvalue weighted by molar-refractivity contribution is 0.0776. The summed E-state index contributed by atoms with van der Waals surface area (Å²) in [6, 6.07) is 16.4. The summed E-state index contributed by atoms with van der Waals surface area (Å²) < 4.78 is 7.41. The number of nitrogens with zero attached hydrogens (tertiary/aromatic N) is 3. The minimum absolute atomic E-state index is 0.169. The molecule has 5 rings (SSSR count). The van der Waals surface area contributed by atoms with Gasteiger partial charge < -0.3 is 14.2 Å². The van der Waals surface area contributed by atoms with Crippen LogP contribution in [0.15, 0.2) is 67.3 Å². The van der Waals surface area contributed by atoms with Crippen LogP contribution in [-0.2, 0) is 13.0 Å². The number of likely N-dealkylation sites (tertiary alicyclic amines) is 1. The molecule has 0 N–H and O–H groups in total. The zero-order chi connectivity index (χ0) is 21.2. The summed E-state index contributed by atoms with van der Waals surface area (Å²) in [6.07, 6.45) is 9.08. The summed E-state index contributed by atoms with van der Waals surface area (Å²) in [5, 5.41) is 0. The quantitative estimate of drug-likeness (QED) is 0.604. The highest BCUT2D eigenvalue weighted by Crippen LogP contribution is 2.44. The Labute approximate surface area is 183 Å². The Bertz CT molecular complexity index is 1050. The van der Waals surface area contributed by atoms with Crippen molar-refractivity contribution in [1.82, 2.24) is 14.5 Å². The summed E-state index contributed by atoms with van der Waals surface area (Å²) in [7, 11) is 1.72. The van der Waals surface area contributed by atoms with Gasteiger partial charge in [-0.05, 0) is 72.4 Å². The molecule has 31 heavy (non-hydrogen) atoms. The molecule has 1 aromatic heterocycles. The molecule has 2 heterocycles. The number of aromatic nitrogens is 2. The molecule has 0 radical (unpaired) electrons. The number of methoxy groups -OCH3 is 1. The molecular formula is C26H29N3O2. The highest BCUT2D eigenvalue weighted by atomic mass is 16.5. The van der Waals surface area contributed by atoms with Crippen molar-refractivity contribution >= 4 is 5.91 Å². The molecule has 5 heteroatoms. The minimum atomic E-state index is 0.169. The van der Waals surface area contributed by atoms with Gasteiger partial charge in [-0.15, -0.1) is 0 Å². The average molecular weight is 416 g/mol. The van der Waals surface area contributed by atoms with Crippen LogP contribution in [0.25, 0.3) is 0 Å². The van der Waals surface area contributed by atoms with Crippen molar-refractivity contribution < 1.29 is 9.53 Å². The first-order valence-electron chi connectivity index (χ1n) is 11.2. The maximum atomic E-state index is 13.3. The van der Waals surface area contributed by atoms with Crippen LogP contribution in [0, 0.1) is 17.8 Å². The van der Waals surface area contributed by atoms with Crippen molar-refractivity contribution in [2.45, 2.75) is 25.8 Å². The standard InChI is InChI=1S/C26H29N3O2/c1-31-24-7-3-4-19(14-24)12-21-8-9-23-16-29(17-25(21)23)26(30)22-6-2-5-20(13-22)15-28-11-10-27-18-28/h2-7,10-11,13-14,18,21,23,25H,8-9,12,15-17H2,1H3/t21-,23-,25-/m1/s1. The second-order valence-electron chi connectivity index (χ2n) is 8.96. The number of carbonyl (C=O) groups excluding carboxylic acids is 1. The number of rotatable bonds is 6. The third-order valence-electron chi connectivity index (χ3n) is 7.02. The van der Waals surface area contributed by atoms with Gasteiger partial charge in [0.1, 0.15) is 5.75 Å². The highest BCUT2D eigenvalue weighted by Gasteiger charge is 2.43. The summed E-state index contributed by atoms with van der Waals surface area (Å²) in [5.74, 6) is 2.97. The van der Waals surface area contributed by atoms with Gasteiger partial charge in [-0.3, -0.25) is 4.79 Å². The Morgan fingerprint density at radius 3 is 2.81 bits per heavy atom. The van der Waals surface area contributed by atoms with Crippen molar-refractivity contribution in [3.8, 4) is 5.75 Å². The second kappa shape index (κ2) is 8.58. The molecule has 1 amide bonds. The Morgan fingerprint density at radius 2 is 1.97 bits per heavy atom. The molecule has 160 valence electrons. The number of ether oxygens (including phenoxy) is 1. The smallest absolute Gasteiger partial charge is 0.253 e. The van der Waals surface area contributed by atoms with Crippen LogP contribution in [0.4, 0.5) is 0 Å². The SMILES string of the molecule is COc1cccc(C[C@H]2CC[C@@H]3CN(C(=O)c4cccc(Cn5ccnc5)c4)C[C@H]23)c1. The highest BCUT2D eigenvalue weighted by molar-refractivity contribution is 5.94. The molecule has 3 atom stereocenters. The van der Waals surface area contributed by atoms with Crippen LogP contribution in [-0.4, -0.2) is 40.6 Å². The second-order valence-corrected chi connectivity index (χ2v) is 8.96. The topological polar surface area (TPSA) is 47.4 Å². The number of hydrogen-bond donors (Lipinski definition) is 0. The van der Waals surface area contributed by atoms with E-state index in [1.807, 2.05) is 35.0 Å². The first kappa shape index (κ1) is 19.9. The molecule has 2 fully saturated rings. The fraction of sp³-hybridized carbons (Fsp3) is 0.385. The molecule has 1 saturated carbocycles. The summed E-state index contributed by atoms with van der Waals surface area (Å²) in [6.45, 7) is 2.50. The van der Waals surface area contributed by atoms with E-state index in [0.29, 0.717) is 17.8 Å². The Hall–Kier alpha value is -3.08. The van der Waals surface area contributed by atoms with Gasteiger partial charge in [-0.2, -0.15) is 0 Å². The van der Waals surface area contributed by atoms with Crippen molar-refractivity contribution in [3.05, 3.63) is 83.9 Å². The maximum Gasteiger partial charge on any atom is 0.253 e. The first-order valence-corrected chi connectivity index (χ1v) is 11.2. The zero-order valence-electron chi connectivity index (χ0n) is 18.0. The van der Waals surface area contributed by atoms with E-state index in [-0.39, 0.29) is 5.91 Å². The number of carbonyl (C=O) groups is 1. The normalized spacial score (nSPS) is 22.5. The van der Waals surface area contributed by atoms with Crippen LogP contribution in [0.5, 0.6) is 5.75 Å². The monoisotopic (exact) mass is 415 g/mol. The van der Waals surface area contributed by atoms with E-state index >= 15 is 0 Å². The van der Waals surface area contributed by atoms with Gasteiger partial charge in [0.25, 0.3) is 5.91 Å². The van der Waals surface area contributed by atoms with Gasteiger partial charge in [0.15, 0.2) is 0 Å². The van der Waals surface area contributed by atoms with Crippen molar-refractivity contribution in [2.75, 3.05) is 20.2 Å². The third kappa shape index (κ3) is 4.22. The molecule has 1 saturated heterocycles. The van der Waals surface area contributed by atoms with Gasteiger partial charge >= 0.3 is 0 Å². The lowest BCUT2D eigenvalue weighted by Crippen LogP contribution is -2.30. The fourth-order valence-corrected chi connectivity index (χ4v) is 5.48. The number of fused-ring (bicyclic) bond motifs is 1. The predicted molar refractivity (Wildman–Crippen MR) is 120 cm³/mol. The van der Waals surface area contributed by atoms with Gasteiger partial charge in [0.2, 0.25) is 0 Å². The van der Waals surface area contributed by atoms with E-state index in [0.717, 1.165) is 42.9 Å². The number of benzene rings is 2. The van der Waals surface area contributed by atoms with E-state index in [1.165, 1.54) is 18.4 Å². The van der Waals surface area contributed by atoms with Gasteiger partial charge in [0, 0.05) is 37.6 Å². The van der Waals surface area contributed by atoms with Gasteiger partial charge in [-0.1, -0.05) is 24.3 Å². The third-order valence-corrected chi connectivity index (χ3v) is 7.02. The van der Waals surface area contributed by atoms with E-state index in [1.54, 1.807) is 19.6 Å². The number of hydrogen-bond acceptors (Lipinski definition) is 3. The Balaban J connectivity index is 1.25. The molecule has 2 aromatic carbocycles. The van der Waals surface area contributed by atoms with Crippen LogP contribution < -0.4 is 4.74 Å². The van der Waals surface area contributed by atoms with Crippen molar-refractivity contribution in [2.24, 2.45) is 17.8 Å². The van der Waals surface area contributed by atoms with Crippen LogP contribution in [0.3, 0.4) is 0 Å². The lowest BCUT2D eigenvalue weighted by atomic mass is 9.87. The molecule has 5 nitrogen and oxygen atoms in total. The predicted octanol–water partition coefficient (Wildman–Crippen LogP) is 4.28. The zero-order valence-corrected chi connectivity index (χ0v) is 18.0. The molecule has 2 aliphatic rings. The lowest BCUT2D eigenvalue weighted by Gasteiger charge is -2.21. The van der Waals surface area contributed by atoms with Crippen molar-refractivity contribution in [1.29, 1.82) is 0 Å². The van der Waals surface area contributed by atoms with Crippen LogP contribution in [0.2, 0.25) is 0 Å². The van der Waals surface area contributed by atoms with Crippen LogP contribution >= 0.6 is 0 Å². The first-order chi connectivity index (χ1) is 15.2. The Morgan fingerprint density at radius 1 is 1.10 bits per heavy atom. The van der Waals surface area contributed by atoms with Gasteiger partial charge in [-0.25, -0.2) is 4.98 Å². The molecule has 0 unspecified atom stereocenters. The molecule has 0 bridgehead atoms. The fourth-order valence-electron chi connectivity index (χ4n) is 5.48. The summed E-state index contributed by atoms with van der Waals surface area (Å²) in [4.78, 5) is 19.5. The summed E-state index contributed by atoms with van der Waals surface area (Å²) in [5.41, 5.74) is 3.25. The van der Waals surface area contributed by atoms with E-state index in [2.05, 4.69) is 34.1 Å². The maximum absolute atomic E-state index is 13.3. The molecule has 3 aromatic rings. The number of imidazole rings is 1. The van der Waals surface area contributed by atoms with Gasteiger partial charge in [0.05, 0.1) is 13.4 Å². The average Bonchev–Trinajstić information content (AvgIpc) is 3.53. The minimum Gasteiger partial charge on any atom is -0.497 e. The largest absolute Gasteiger partial charge is 0.497 e. The Kier molecular flexibility index (Phi) is 5.49. The number of amides is 1. The van der Waals surface area contributed by atoms with E-state index in [4.69, 9.17) is 4.74 Å². The molecular weight excluding hydrogens is 386 g/mol. The molecule has 1 aliphatic heterocycles. The van der Waals surface area contributed by atoms with Crippen molar-refractivity contribution in [3.63, 3.8) is 0 Å².